The first kappa shape index (κ1) is 12.0. The van der Waals surface area contributed by atoms with Crippen molar-refractivity contribution < 1.29 is 4.74 Å². The monoisotopic (exact) mass is 230 g/mol. The molecule has 0 amide bonds. The van der Waals surface area contributed by atoms with Crippen LogP contribution < -0.4 is 10.6 Å². The number of aromatic nitrogens is 2. The predicted molar refractivity (Wildman–Crippen MR) is 61.2 cm³/mol. The molecule has 1 rings (SSSR count). The molecule has 0 bridgehead atoms. The summed E-state index contributed by atoms with van der Waals surface area (Å²) >= 11 is 5.81. The fourth-order valence-electron chi connectivity index (χ4n) is 1.21. The molecule has 0 radical (unpaired) electrons. The Bertz CT molecular complexity index is 334. The van der Waals surface area contributed by atoms with E-state index in [2.05, 4.69) is 9.97 Å². The quantitative estimate of drug-likeness (QED) is 0.787. The summed E-state index contributed by atoms with van der Waals surface area (Å²) in [4.78, 5) is 9.80. The Balaban J connectivity index is 2.90. The highest BCUT2D eigenvalue weighted by Gasteiger charge is 2.15. The molecule has 0 fully saturated rings. The Hall–Kier alpha value is -1.07. The number of anilines is 2. The summed E-state index contributed by atoms with van der Waals surface area (Å²) in [6.07, 6.45) is 1.39. The second kappa shape index (κ2) is 5.14. The van der Waals surface area contributed by atoms with E-state index < -0.39 is 0 Å². The van der Waals surface area contributed by atoms with Crippen molar-refractivity contribution in [1.82, 2.24) is 9.97 Å². The van der Waals surface area contributed by atoms with Crippen LogP contribution in [0.25, 0.3) is 0 Å². The molecule has 15 heavy (non-hydrogen) atoms. The van der Waals surface area contributed by atoms with Gasteiger partial charge in [-0.2, -0.15) is 0 Å². The van der Waals surface area contributed by atoms with Gasteiger partial charge in [-0.1, -0.05) is 11.6 Å². The Morgan fingerprint density at radius 3 is 2.87 bits per heavy atom. The van der Waals surface area contributed by atoms with Crippen LogP contribution in [0.15, 0.2) is 6.33 Å². The molecule has 0 aliphatic rings. The van der Waals surface area contributed by atoms with Crippen LogP contribution in [0, 0.1) is 0 Å². The van der Waals surface area contributed by atoms with E-state index >= 15 is 0 Å². The number of nitrogens with two attached hydrogens (primary N) is 1. The second-order valence-corrected chi connectivity index (χ2v) is 3.68. The third-order valence-electron chi connectivity index (χ3n) is 2.22. The molecule has 6 heteroatoms. The number of nitrogens with zero attached hydrogens (tertiary/aromatic N) is 3. The van der Waals surface area contributed by atoms with Crippen molar-refractivity contribution in [3.8, 4) is 0 Å². The normalized spacial score (nSPS) is 12.5. The summed E-state index contributed by atoms with van der Waals surface area (Å²) in [6.45, 7) is 2.61. The van der Waals surface area contributed by atoms with E-state index in [-0.39, 0.29) is 11.2 Å². The lowest BCUT2D eigenvalue weighted by atomic mass is 10.3. The molecule has 0 aliphatic carbocycles. The van der Waals surface area contributed by atoms with E-state index in [1.165, 1.54) is 6.33 Å². The van der Waals surface area contributed by atoms with Crippen molar-refractivity contribution in [2.24, 2.45) is 0 Å². The zero-order chi connectivity index (χ0) is 11.4. The second-order valence-electron chi connectivity index (χ2n) is 3.32. The highest BCUT2D eigenvalue weighted by Crippen LogP contribution is 2.25. The summed E-state index contributed by atoms with van der Waals surface area (Å²) in [5.74, 6) is 0.625. The average Bonchev–Trinajstić information content (AvgIpc) is 2.21. The highest BCUT2D eigenvalue weighted by atomic mass is 35.5. The number of nitrogen functional groups attached to an aromatic ring is 1. The summed E-state index contributed by atoms with van der Waals surface area (Å²) in [7, 11) is 3.54. The van der Waals surface area contributed by atoms with Crippen LogP contribution in [0.3, 0.4) is 0 Å². The minimum atomic E-state index is 0.170. The van der Waals surface area contributed by atoms with Gasteiger partial charge < -0.3 is 15.4 Å². The minimum absolute atomic E-state index is 0.170. The van der Waals surface area contributed by atoms with Crippen molar-refractivity contribution in [2.75, 3.05) is 31.4 Å². The lowest BCUT2D eigenvalue weighted by molar-refractivity contribution is 0.183. The van der Waals surface area contributed by atoms with Gasteiger partial charge >= 0.3 is 0 Å². The maximum absolute atomic E-state index is 5.81. The molecule has 0 saturated carbocycles. The van der Waals surface area contributed by atoms with Crippen molar-refractivity contribution in [1.29, 1.82) is 0 Å². The molecular weight excluding hydrogens is 216 g/mol. The SMILES string of the molecule is COCC(C)N(C)c1ncnc(Cl)c1N. The number of likely N-dealkylation sites (N-methyl/N-ethyl adjacent to an activating group) is 1. The van der Waals surface area contributed by atoms with Crippen molar-refractivity contribution in [3.05, 3.63) is 11.5 Å². The van der Waals surface area contributed by atoms with E-state index in [1.54, 1.807) is 7.11 Å². The van der Waals surface area contributed by atoms with Crippen LogP contribution in [0.2, 0.25) is 5.15 Å². The molecule has 1 unspecified atom stereocenters. The van der Waals surface area contributed by atoms with Crippen molar-refractivity contribution >= 4 is 23.1 Å². The van der Waals surface area contributed by atoms with E-state index in [4.69, 9.17) is 22.1 Å². The van der Waals surface area contributed by atoms with Gasteiger partial charge in [0.2, 0.25) is 0 Å². The van der Waals surface area contributed by atoms with E-state index in [0.29, 0.717) is 18.1 Å². The van der Waals surface area contributed by atoms with Crippen LogP contribution in [0.4, 0.5) is 11.5 Å². The zero-order valence-corrected chi connectivity index (χ0v) is 9.82. The van der Waals surface area contributed by atoms with E-state index in [1.807, 2.05) is 18.9 Å². The number of rotatable bonds is 4. The number of ether oxygens (including phenoxy) is 1. The molecule has 1 heterocycles. The van der Waals surface area contributed by atoms with Gasteiger partial charge in [0.25, 0.3) is 0 Å². The lowest BCUT2D eigenvalue weighted by Gasteiger charge is -2.26. The molecular formula is C9H15ClN4O. The van der Waals surface area contributed by atoms with Crippen molar-refractivity contribution in [3.63, 3.8) is 0 Å². The zero-order valence-electron chi connectivity index (χ0n) is 9.07. The highest BCUT2D eigenvalue weighted by molar-refractivity contribution is 6.32. The van der Waals surface area contributed by atoms with E-state index in [0.717, 1.165) is 0 Å². The molecule has 1 aromatic rings. The molecule has 0 aliphatic heterocycles. The molecule has 1 aromatic heterocycles. The van der Waals surface area contributed by atoms with Crippen LogP contribution in [-0.4, -0.2) is 36.8 Å². The number of hydrogen-bond donors (Lipinski definition) is 1. The van der Waals surface area contributed by atoms with Gasteiger partial charge in [-0.3, -0.25) is 0 Å². The minimum Gasteiger partial charge on any atom is -0.393 e. The van der Waals surface area contributed by atoms with Gasteiger partial charge in [0.15, 0.2) is 11.0 Å². The largest absolute Gasteiger partial charge is 0.393 e. The molecule has 1 atom stereocenters. The maximum Gasteiger partial charge on any atom is 0.157 e. The first-order valence-corrected chi connectivity index (χ1v) is 4.93. The van der Waals surface area contributed by atoms with Gasteiger partial charge in [-0.15, -0.1) is 0 Å². The van der Waals surface area contributed by atoms with Crippen LogP contribution in [0.5, 0.6) is 0 Å². The molecule has 0 aromatic carbocycles. The average molecular weight is 231 g/mol. The topological polar surface area (TPSA) is 64.3 Å². The van der Waals surface area contributed by atoms with Gasteiger partial charge in [0.05, 0.1) is 12.6 Å². The predicted octanol–water partition coefficient (Wildman–Crippen LogP) is 1.18. The third kappa shape index (κ3) is 2.70. The first-order chi connectivity index (χ1) is 7.07. The summed E-state index contributed by atoms with van der Waals surface area (Å²) < 4.78 is 5.06. The molecule has 2 N–H and O–H groups in total. The Morgan fingerprint density at radius 1 is 1.60 bits per heavy atom. The summed E-state index contributed by atoms with van der Waals surface area (Å²) in [5, 5.41) is 0.275. The standard InChI is InChI=1S/C9H15ClN4O/c1-6(4-15-3)14(2)9-7(11)8(10)12-5-13-9/h5-6H,4,11H2,1-3H3. The fraction of sp³-hybridized carbons (Fsp3) is 0.556. The first-order valence-electron chi connectivity index (χ1n) is 4.55. The molecule has 0 spiro atoms. The van der Waals surface area contributed by atoms with Gasteiger partial charge in [-0.25, -0.2) is 9.97 Å². The summed E-state index contributed by atoms with van der Waals surface area (Å²) in [5.41, 5.74) is 6.17. The van der Waals surface area contributed by atoms with E-state index in [9.17, 15) is 0 Å². The Kier molecular flexibility index (Phi) is 4.11. The lowest BCUT2D eigenvalue weighted by Crippen LogP contribution is -2.33. The molecule has 0 saturated heterocycles. The number of hydrogen-bond acceptors (Lipinski definition) is 5. The van der Waals surface area contributed by atoms with Crippen LogP contribution in [0.1, 0.15) is 6.92 Å². The molecule has 84 valence electrons. The fourth-order valence-corrected chi connectivity index (χ4v) is 1.34. The molecule has 5 nitrogen and oxygen atoms in total. The van der Waals surface area contributed by atoms with Crippen LogP contribution >= 0.6 is 11.6 Å². The van der Waals surface area contributed by atoms with Gasteiger partial charge in [-0.05, 0) is 6.92 Å². The Morgan fingerprint density at radius 2 is 2.27 bits per heavy atom. The van der Waals surface area contributed by atoms with Crippen LogP contribution in [-0.2, 0) is 4.74 Å². The third-order valence-corrected chi connectivity index (χ3v) is 2.52. The summed E-state index contributed by atoms with van der Waals surface area (Å²) in [6, 6.07) is 0.170. The van der Waals surface area contributed by atoms with Gasteiger partial charge in [0.1, 0.15) is 12.0 Å². The van der Waals surface area contributed by atoms with Crippen molar-refractivity contribution in [2.45, 2.75) is 13.0 Å². The maximum atomic E-state index is 5.81. The van der Waals surface area contributed by atoms with Gasteiger partial charge in [0, 0.05) is 14.2 Å². The smallest absolute Gasteiger partial charge is 0.157 e. The number of halogens is 1. The Labute approximate surface area is 94.2 Å². The number of methoxy groups -OCH3 is 1.